The van der Waals surface area contributed by atoms with Gasteiger partial charge in [-0.2, -0.15) is 0 Å². The monoisotopic (exact) mass is 172 g/mol. The first-order valence-corrected chi connectivity index (χ1v) is 4.85. The zero-order valence-electron chi connectivity index (χ0n) is 9.36. The second-order valence-electron chi connectivity index (χ2n) is 4.55. The fourth-order valence-electron chi connectivity index (χ4n) is 1.20. The lowest BCUT2D eigenvalue weighted by Crippen LogP contribution is -2.53. The molecule has 0 bridgehead atoms. The molecule has 2 nitrogen and oxygen atoms in total. The highest BCUT2D eigenvalue weighted by Gasteiger charge is 2.19. The molecule has 0 aromatic carbocycles. The number of hydrogen-bond acceptors (Lipinski definition) is 2. The normalized spacial score (nSPS) is 17.5. The zero-order valence-corrected chi connectivity index (χ0v) is 9.36. The minimum atomic E-state index is 0.192. The third-order valence-corrected chi connectivity index (χ3v) is 2.11. The van der Waals surface area contributed by atoms with E-state index in [0.29, 0.717) is 12.1 Å². The van der Waals surface area contributed by atoms with Gasteiger partial charge in [0, 0.05) is 5.54 Å². The minimum Gasteiger partial charge on any atom is -0.305 e. The molecule has 0 fully saturated rings. The van der Waals surface area contributed by atoms with Gasteiger partial charge in [0.25, 0.3) is 0 Å². The third-order valence-electron chi connectivity index (χ3n) is 2.11. The molecule has 0 amide bonds. The van der Waals surface area contributed by atoms with Crippen molar-refractivity contribution >= 4 is 0 Å². The van der Waals surface area contributed by atoms with E-state index in [2.05, 4.69) is 45.3 Å². The molecule has 2 heteroatoms. The highest BCUT2D eigenvalue weighted by Crippen LogP contribution is 2.09. The topological polar surface area (TPSA) is 24.1 Å². The average Bonchev–Trinajstić information content (AvgIpc) is 1.97. The van der Waals surface area contributed by atoms with Crippen LogP contribution in [0.4, 0.5) is 0 Å². The molecule has 0 heterocycles. The third kappa shape index (κ3) is 4.73. The summed E-state index contributed by atoms with van der Waals surface area (Å²) in [7, 11) is 2.01. The van der Waals surface area contributed by atoms with Crippen LogP contribution in [0.5, 0.6) is 0 Å². The molecule has 0 aliphatic rings. The Bertz CT molecular complexity index is 115. The molecule has 0 aromatic rings. The molecule has 0 saturated heterocycles. The van der Waals surface area contributed by atoms with Crippen LogP contribution in [0.15, 0.2) is 0 Å². The highest BCUT2D eigenvalue weighted by atomic mass is 15.1. The molecule has 2 unspecified atom stereocenters. The fourth-order valence-corrected chi connectivity index (χ4v) is 1.20. The molecule has 0 saturated carbocycles. The summed E-state index contributed by atoms with van der Waals surface area (Å²) in [6, 6.07) is 0. The van der Waals surface area contributed by atoms with Crippen molar-refractivity contribution < 1.29 is 0 Å². The average molecular weight is 172 g/mol. The molecule has 2 N–H and O–H groups in total. The molecule has 12 heavy (non-hydrogen) atoms. The van der Waals surface area contributed by atoms with E-state index in [-0.39, 0.29) is 5.54 Å². The van der Waals surface area contributed by atoms with E-state index in [4.69, 9.17) is 0 Å². The van der Waals surface area contributed by atoms with Gasteiger partial charge in [-0.05, 0) is 33.7 Å². The fraction of sp³-hybridized carbons (Fsp3) is 1.00. The molecule has 0 aliphatic carbocycles. The van der Waals surface area contributed by atoms with Gasteiger partial charge in [-0.1, -0.05) is 20.3 Å². The molecule has 74 valence electrons. The maximum Gasteiger partial charge on any atom is 0.0599 e. The molecule has 0 aromatic heterocycles. The van der Waals surface area contributed by atoms with E-state index in [9.17, 15) is 0 Å². The first-order valence-electron chi connectivity index (χ1n) is 4.85. The van der Waals surface area contributed by atoms with Crippen molar-refractivity contribution in [3.8, 4) is 0 Å². The standard InChI is InChI=1S/C10H24N2/c1-7-8(2)9(11-6)12-10(3,4)5/h8-9,11-12H,7H2,1-6H3. The van der Waals surface area contributed by atoms with Crippen molar-refractivity contribution in [2.45, 2.75) is 52.7 Å². The summed E-state index contributed by atoms with van der Waals surface area (Å²) in [6.07, 6.45) is 1.63. The lowest BCUT2D eigenvalue weighted by Gasteiger charge is -2.31. The molecular weight excluding hydrogens is 148 g/mol. The Morgan fingerprint density at radius 1 is 1.25 bits per heavy atom. The van der Waals surface area contributed by atoms with Crippen LogP contribution in [0.25, 0.3) is 0 Å². The van der Waals surface area contributed by atoms with Gasteiger partial charge < -0.3 is 5.32 Å². The Labute approximate surface area is 77.1 Å². The summed E-state index contributed by atoms with van der Waals surface area (Å²) in [6.45, 7) is 11.1. The van der Waals surface area contributed by atoms with E-state index < -0.39 is 0 Å². The van der Waals surface area contributed by atoms with E-state index in [1.165, 1.54) is 6.42 Å². The van der Waals surface area contributed by atoms with Gasteiger partial charge in [0.1, 0.15) is 0 Å². The summed E-state index contributed by atoms with van der Waals surface area (Å²) in [5, 5.41) is 6.84. The quantitative estimate of drug-likeness (QED) is 0.634. The van der Waals surface area contributed by atoms with Gasteiger partial charge in [-0.3, -0.25) is 5.32 Å². The Balaban J connectivity index is 3.99. The zero-order chi connectivity index (χ0) is 9.78. The number of hydrogen-bond donors (Lipinski definition) is 2. The predicted molar refractivity (Wildman–Crippen MR) is 55.2 cm³/mol. The van der Waals surface area contributed by atoms with Gasteiger partial charge in [0.05, 0.1) is 6.17 Å². The first kappa shape index (κ1) is 11.9. The Morgan fingerprint density at radius 2 is 1.75 bits per heavy atom. The van der Waals surface area contributed by atoms with Crippen LogP contribution < -0.4 is 10.6 Å². The Hall–Kier alpha value is -0.0800. The first-order chi connectivity index (χ1) is 5.40. The van der Waals surface area contributed by atoms with E-state index in [1.54, 1.807) is 0 Å². The summed E-state index contributed by atoms with van der Waals surface area (Å²) in [4.78, 5) is 0. The van der Waals surface area contributed by atoms with E-state index >= 15 is 0 Å². The summed E-state index contributed by atoms with van der Waals surface area (Å²) >= 11 is 0. The minimum absolute atomic E-state index is 0.192. The van der Waals surface area contributed by atoms with Gasteiger partial charge in [0.15, 0.2) is 0 Å². The smallest absolute Gasteiger partial charge is 0.0599 e. The maximum atomic E-state index is 3.55. The SMILES string of the molecule is CCC(C)C(NC)NC(C)(C)C. The van der Waals surface area contributed by atoms with Gasteiger partial charge >= 0.3 is 0 Å². The van der Waals surface area contributed by atoms with Crippen LogP contribution >= 0.6 is 0 Å². The van der Waals surface area contributed by atoms with E-state index in [0.717, 1.165) is 0 Å². The van der Waals surface area contributed by atoms with Gasteiger partial charge in [-0.15, -0.1) is 0 Å². The predicted octanol–water partition coefficient (Wildman–Crippen LogP) is 1.97. The van der Waals surface area contributed by atoms with Crippen LogP contribution in [0, 0.1) is 5.92 Å². The molecule has 0 aliphatic heterocycles. The van der Waals surface area contributed by atoms with Crippen molar-refractivity contribution in [1.82, 2.24) is 10.6 Å². The second-order valence-corrected chi connectivity index (χ2v) is 4.55. The van der Waals surface area contributed by atoms with Crippen LogP contribution in [-0.2, 0) is 0 Å². The Morgan fingerprint density at radius 3 is 2.00 bits per heavy atom. The summed E-state index contributed by atoms with van der Waals surface area (Å²) in [5.41, 5.74) is 0.192. The van der Waals surface area contributed by atoms with Gasteiger partial charge in [-0.25, -0.2) is 0 Å². The molecule has 0 radical (unpaired) electrons. The molecule has 0 rings (SSSR count). The van der Waals surface area contributed by atoms with Gasteiger partial charge in [0.2, 0.25) is 0 Å². The summed E-state index contributed by atoms with van der Waals surface area (Å²) < 4.78 is 0. The van der Waals surface area contributed by atoms with Crippen molar-refractivity contribution in [2.75, 3.05) is 7.05 Å². The van der Waals surface area contributed by atoms with Crippen molar-refractivity contribution in [2.24, 2.45) is 5.92 Å². The molecular formula is C10H24N2. The lowest BCUT2D eigenvalue weighted by molar-refractivity contribution is 0.258. The van der Waals surface area contributed by atoms with Crippen LogP contribution in [0.3, 0.4) is 0 Å². The number of rotatable bonds is 4. The molecule has 0 spiro atoms. The number of nitrogens with one attached hydrogen (secondary N) is 2. The van der Waals surface area contributed by atoms with Crippen molar-refractivity contribution in [3.63, 3.8) is 0 Å². The van der Waals surface area contributed by atoms with Crippen LogP contribution in [0.1, 0.15) is 41.0 Å². The lowest BCUT2D eigenvalue weighted by atomic mass is 10.0. The van der Waals surface area contributed by atoms with E-state index in [1.807, 2.05) is 7.05 Å². The molecule has 2 atom stereocenters. The largest absolute Gasteiger partial charge is 0.305 e. The van der Waals surface area contributed by atoms with Crippen LogP contribution in [0.2, 0.25) is 0 Å². The second kappa shape index (κ2) is 4.83. The maximum absolute atomic E-state index is 3.55. The van der Waals surface area contributed by atoms with Crippen LogP contribution in [-0.4, -0.2) is 18.8 Å². The Kier molecular flexibility index (Phi) is 4.80. The van der Waals surface area contributed by atoms with Crippen molar-refractivity contribution in [1.29, 1.82) is 0 Å². The van der Waals surface area contributed by atoms with Crippen molar-refractivity contribution in [3.05, 3.63) is 0 Å². The summed E-state index contributed by atoms with van der Waals surface area (Å²) in [5.74, 6) is 0.675. The highest BCUT2D eigenvalue weighted by molar-refractivity contribution is 4.78.